The molecule has 1 aliphatic rings. The summed E-state index contributed by atoms with van der Waals surface area (Å²) < 4.78 is 38.2. The minimum atomic E-state index is -4.57. The molecule has 126 valence electrons. The quantitative estimate of drug-likeness (QED) is 0.913. The van der Waals surface area contributed by atoms with Crippen LogP contribution in [-0.4, -0.2) is 11.9 Å². The number of alkyl halides is 3. The largest absolute Gasteiger partial charge is 0.550 e. The number of carboxylic acid groups (broad SMARTS) is 1. The lowest BCUT2D eigenvalue weighted by molar-refractivity contribution is -0.313. The van der Waals surface area contributed by atoms with Crippen molar-refractivity contribution >= 4 is 29.2 Å². The summed E-state index contributed by atoms with van der Waals surface area (Å²) >= 11 is 5.82. The average Bonchev–Trinajstić information content (AvgIpc) is 2.48. The summed E-state index contributed by atoms with van der Waals surface area (Å²) in [7, 11) is 0. The molecule has 0 saturated heterocycles. The Labute approximate surface area is 135 Å². The molecular weight excluding hydrogens is 335 g/mol. The highest BCUT2D eigenvalue weighted by Gasteiger charge is 2.33. The molecule has 0 heterocycles. The number of aliphatic carboxylic acids is 1. The molecule has 1 aromatic carbocycles. The van der Waals surface area contributed by atoms with Crippen molar-refractivity contribution in [1.82, 2.24) is 0 Å². The predicted molar refractivity (Wildman–Crippen MR) is 75.5 cm³/mol. The summed E-state index contributed by atoms with van der Waals surface area (Å²) in [4.78, 5) is 23.4. The molecule has 0 spiro atoms. The summed E-state index contributed by atoms with van der Waals surface area (Å²) in [5.41, 5.74) is -1.13. The van der Waals surface area contributed by atoms with Gasteiger partial charge in [-0.05, 0) is 31.0 Å². The number of hydrogen-bond acceptors (Lipinski definition) is 3. The van der Waals surface area contributed by atoms with Crippen LogP contribution in [0.15, 0.2) is 18.2 Å². The van der Waals surface area contributed by atoms with Crippen LogP contribution in [0.4, 0.5) is 18.9 Å². The monoisotopic (exact) mass is 348 g/mol. The van der Waals surface area contributed by atoms with E-state index in [1.54, 1.807) is 0 Å². The van der Waals surface area contributed by atoms with Crippen LogP contribution in [0.2, 0.25) is 5.02 Å². The van der Waals surface area contributed by atoms with E-state index in [1.807, 2.05) is 0 Å². The van der Waals surface area contributed by atoms with Crippen molar-refractivity contribution in [2.45, 2.75) is 31.9 Å². The second-order valence-electron chi connectivity index (χ2n) is 5.50. The van der Waals surface area contributed by atoms with Crippen molar-refractivity contribution in [3.8, 4) is 0 Å². The maximum Gasteiger partial charge on any atom is 0.416 e. The fourth-order valence-electron chi connectivity index (χ4n) is 2.75. The van der Waals surface area contributed by atoms with Crippen LogP contribution in [0.5, 0.6) is 0 Å². The number of hydrogen-bond donors (Lipinski definition) is 1. The summed E-state index contributed by atoms with van der Waals surface area (Å²) in [6.45, 7) is 0. The first kappa shape index (κ1) is 17.6. The third-order valence-electron chi connectivity index (χ3n) is 3.96. The lowest BCUT2D eigenvalue weighted by Gasteiger charge is -2.31. The molecule has 0 radical (unpaired) electrons. The number of carbonyl (C=O) groups is 2. The van der Waals surface area contributed by atoms with Gasteiger partial charge in [0, 0.05) is 17.8 Å². The SMILES string of the molecule is O=C(Nc1cc(C(F)(F)F)ccc1Cl)[C@H]1CCCC[C@H]1C(=O)[O-]. The summed E-state index contributed by atoms with van der Waals surface area (Å²) in [6, 6.07) is 2.58. The average molecular weight is 349 g/mol. The second-order valence-corrected chi connectivity index (χ2v) is 5.91. The van der Waals surface area contributed by atoms with Crippen molar-refractivity contribution in [1.29, 1.82) is 0 Å². The van der Waals surface area contributed by atoms with Crippen LogP contribution in [0.3, 0.4) is 0 Å². The minimum absolute atomic E-state index is 0.0489. The zero-order chi connectivity index (χ0) is 17.2. The van der Waals surface area contributed by atoms with E-state index in [2.05, 4.69) is 5.32 Å². The van der Waals surface area contributed by atoms with Gasteiger partial charge in [-0.2, -0.15) is 13.2 Å². The molecule has 8 heteroatoms. The Balaban J connectivity index is 2.20. The number of amides is 1. The minimum Gasteiger partial charge on any atom is -0.550 e. The van der Waals surface area contributed by atoms with Gasteiger partial charge in [0.15, 0.2) is 0 Å². The number of benzene rings is 1. The Bertz CT molecular complexity index is 618. The molecule has 2 rings (SSSR count). The van der Waals surface area contributed by atoms with Gasteiger partial charge in [0.2, 0.25) is 5.91 Å². The number of halogens is 4. The van der Waals surface area contributed by atoms with Crippen molar-refractivity contribution < 1.29 is 27.9 Å². The first-order valence-electron chi connectivity index (χ1n) is 7.08. The molecule has 0 aliphatic heterocycles. The van der Waals surface area contributed by atoms with Crippen LogP contribution in [0, 0.1) is 11.8 Å². The number of nitrogens with one attached hydrogen (secondary N) is 1. The van der Waals surface area contributed by atoms with Gasteiger partial charge in [0.05, 0.1) is 16.3 Å². The Kier molecular flexibility index (Phi) is 5.19. The third-order valence-corrected chi connectivity index (χ3v) is 4.29. The molecule has 0 aromatic heterocycles. The first-order chi connectivity index (χ1) is 10.7. The van der Waals surface area contributed by atoms with Crippen molar-refractivity contribution in [3.63, 3.8) is 0 Å². The summed E-state index contributed by atoms with van der Waals surface area (Å²) in [5, 5.41) is 13.4. The van der Waals surface area contributed by atoms with Crippen molar-refractivity contribution in [3.05, 3.63) is 28.8 Å². The zero-order valence-corrected chi connectivity index (χ0v) is 12.7. The van der Waals surface area contributed by atoms with Crippen molar-refractivity contribution in [2.24, 2.45) is 11.8 Å². The van der Waals surface area contributed by atoms with Gasteiger partial charge in [0.1, 0.15) is 0 Å². The predicted octanol–water partition coefficient (Wildman–Crippen LogP) is 2.85. The Morgan fingerprint density at radius 1 is 1.17 bits per heavy atom. The van der Waals surface area contributed by atoms with Crippen LogP contribution in [0.1, 0.15) is 31.2 Å². The van der Waals surface area contributed by atoms with Gasteiger partial charge < -0.3 is 15.2 Å². The van der Waals surface area contributed by atoms with E-state index < -0.39 is 35.5 Å². The molecule has 1 aliphatic carbocycles. The highest BCUT2D eigenvalue weighted by molar-refractivity contribution is 6.33. The van der Waals surface area contributed by atoms with E-state index in [9.17, 15) is 27.9 Å². The topological polar surface area (TPSA) is 69.2 Å². The van der Waals surface area contributed by atoms with Gasteiger partial charge in [-0.15, -0.1) is 0 Å². The fourth-order valence-corrected chi connectivity index (χ4v) is 2.91. The van der Waals surface area contributed by atoms with Crippen molar-refractivity contribution in [2.75, 3.05) is 5.32 Å². The van der Waals surface area contributed by atoms with E-state index >= 15 is 0 Å². The Hall–Kier alpha value is -1.76. The van der Waals surface area contributed by atoms with E-state index in [-0.39, 0.29) is 10.7 Å². The molecule has 1 amide bonds. The maximum absolute atomic E-state index is 12.7. The lowest BCUT2D eigenvalue weighted by atomic mass is 9.78. The van der Waals surface area contributed by atoms with Crippen LogP contribution in [-0.2, 0) is 15.8 Å². The number of rotatable bonds is 3. The summed E-state index contributed by atoms with van der Waals surface area (Å²) in [6.07, 6.45) is -2.55. The normalized spacial score (nSPS) is 21.7. The first-order valence-corrected chi connectivity index (χ1v) is 7.46. The molecule has 23 heavy (non-hydrogen) atoms. The van der Waals surface area contributed by atoms with Gasteiger partial charge >= 0.3 is 6.18 Å². The smallest absolute Gasteiger partial charge is 0.416 e. The van der Waals surface area contributed by atoms with E-state index in [0.717, 1.165) is 18.2 Å². The number of anilines is 1. The third kappa shape index (κ3) is 4.16. The van der Waals surface area contributed by atoms with E-state index in [0.29, 0.717) is 25.7 Å². The standard InChI is InChI=1S/C15H15ClF3NO3/c16-11-6-5-8(15(17,18)19)7-12(11)20-13(21)9-3-1-2-4-10(9)14(22)23/h5-7,9-10H,1-4H2,(H,20,21)(H,22,23)/p-1/t9-,10+/m0/s1. The Morgan fingerprint density at radius 3 is 2.35 bits per heavy atom. The molecule has 1 aromatic rings. The van der Waals surface area contributed by atoms with Crippen LogP contribution in [0.25, 0.3) is 0 Å². The molecule has 0 unspecified atom stereocenters. The molecule has 2 atom stereocenters. The fraction of sp³-hybridized carbons (Fsp3) is 0.467. The Morgan fingerprint density at radius 2 is 1.78 bits per heavy atom. The van der Waals surface area contributed by atoms with E-state index in [4.69, 9.17) is 11.6 Å². The molecule has 0 bridgehead atoms. The maximum atomic E-state index is 12.7. The van der Waals surface area contributed by atoms with Gasteiger partial charge in [-0.1, -0.05) is 24.4 Å². The molecule has 1 fully saturated rings. The highest BCUT2D eigenvalue weighted by Crippen LogP contribution is 2.35. The second kappa shape index (κ2) is 6.78. The molecule has 1 saturated carbocycles. The van der Waals surface area contributed by atoms with Crippen LogP contribution >= 0.6 is 11.6 Å². The number of carboxylic acids is 1. The van der Waals surface area contributed by atoms with Crippen LogP contribution < -0.4 is 10.4 Å². The molecule has 1 N–H and O–H groups in total. The lowest BCUT2D eigenvalue weighted by Crippen LogP contribution is -2.42. The highest BCUT2D eigenvalue weighted by atomic mass is 35.5. The molecule has 4 nitrogen and oxygen atoms in total. The van der Waals surface area contributed by atoms with Gasteiger partial charge in [-0.25, -0.2) is 0 Å². The summed E-state index contributed by atoms with van der Waals surface area (Å²) in [5.74, 6) is -3.74. The zero-order valence-electron chi connectivity index (χ0n) is 12.0. The molecular formula is C15H14ClF3NO3-. The van der Waals surface area contributed by atoms with Gasteiger partial charge in [0.25, 0.3) is 0 Å². The van der Waals surface area contributed by atoms with Gasteiger partial charge in [-0.3, -0.25) is 4.79 Å². The van der Waals surface area contributed by atoms with E-state index in [1.165, 1.54) is 0 Å². The number of carbonyl (C=O) groups excluding carboxylic acids is 2.